The van der Waals surface area contributed by atoms with Crippen molar-refractivity contribution < 1.29 is 68.4 Å². The smallest absolute Gasteiger partial charge is 0.326 e. The Bertz CT molecular complexity index is 1620. The van der Waals surface area contributed by atoms with E-state index in [1.807, 2.05) is 0 Å². The maximum atomic E-state index is 13.7. The number of carbonyl (C=O) groups is 10. The molecule has 20 nitrogen and oxygen atoms in total. The highest BCUT2D eigenvalue weighted by Gasteiger charge is 2.35. The number of aliphatic carboxylic acids is 4. The Kier molecular flexibility index (Phi) is 20.4. The van der Waals surface area contributed by atoms with Crippen LogP contribution in [0.5, 0.6) is 0 Å². The van der Waals surface area contributed by atoms with E-state index in [0.717, 1.165) is 0 Å². The van der Waals surface area contributed by atoms with Crippen LogP contribution < -0.4 is 31.9 Å². The predicted octanol–water partition coefficient (Wildman–Crippen LogP) is -0.605. The Hall–Kier alpha value is -6.08. The van der Waals surface area contributed by atoms with Crippen molar-refractivity contribution in [2.24, 2.45) is 17.8 Å². The van der Waals surface area contributed by atoms with Gasteiger partial charge in [0.25, 0.3) is 0 Å². The van der Waals surface area contributed by atoms with Crippen LogP contribution in [0.1, 0.15) is 79.2 Å². The molecule has 1 rings (SSSR count). The minimum absolute atomic E-state index is 0.0254. The first-order valence-electron chi connectivity index (χ1n) is 18.2. The van der Waals surface area contributed by atoms with E-state index < -0.39 is 121 Å². The summed E-state index contributed by atoms with van der Waals surface area (Å²) < 4.78 is 0. The lowest BCUT2D eigenvalue weighted by Gasteiger charge is -2.27. The molecule has 0 aliphatic heterocycles. The second-order valence-corrected chi connectivity index (χ2v) is 14.6. The number of carboxylic acids is 4. The van der Waals surface area contributed by atoms with Crippen LogP contribution in [0.15, 0.2) is 30.3 Å². The standard InChI is InChI=1S/C37H54N6O14/c1-18(2)12-22(38-31(50)20(5)6)32(51)40-25(16-29(46)47)35(54)42-24(15-28(44)45)34(53)39-23(14-21-10-8-7-9-11-21)33(52)41-26(17-30(48)49)36(55)43-27(37(56)57)13-19(3)4/h7-11,18-20,22-27H,12-17H2,1-6H3,(H,38,50)(H,39,53)(H,40,51)(H,41,52)(H,42,54)(H,43,55)(H,44,45)(H,46,47)(H,48,49)(H,56,57). The Morgan fingerprint density at radius 3 is 1.11 bits per heavy atom. The molecule has 6 unspecified atom stereocenters. The van der Waals surface area contributed by atoms with E-state index >= 15 is 0 Å². The molecule has 0 spiro atoms. The fourth-order valence-corrected chi connectivity index (χ4v) is 5.31. The molecule has 0 aliphatic rings. The van der Waals surface area contributed by atoms with Gasteiger partial charge in [0.1, 0.15) is 36.3 Å². The first-order valence-corrected chi connectivity index (χ1v) is 18.2. The summed E-state index contributed by atoms with van der Waals surface area (Å²) in [4.78, 5) is 127. The Balaban J connectivity index is 3.46. The minimum Gasteiger partial charge on any atom is -0.481 e. The van der Waals surface area contributed by atoms with Gasteiger partial charge in [-0.1, -0.05) is 71.9 Å². The van der Waals surface area contributed by atoms with Gasteiger partial charge >= 0.3 is 23.9 Å². The summed E-state index contributed by atoms with van der Waals surface area (Å²) in [6.45, 7) is 10.1. The molecule has 0 saturated carbocycles. The van der Waals surface area contributed by atoms with E-state index in [9.17, 15) is 68.4 Å². The molecular weight excluding hydrogens is 752 g/mol. The molecule has 0 heterocycles. The summed E-state index contributed by atoms with van der Waals surface area (Å²) in [7, 11) is 0. The third-order valence-electron chi connectivity index (χ3n) is 8.14. The first-order chi connectivity index (χ1) is 26.5. The van der Waals surface area contributed by atoms with Crippen LogP contribution >= 0.6 is 0 Å². The van der Waals surface area contributed by atoms with Gasteiger partial charge in [-0.3, -0.25) is 43.2 Å². The van der Waals surface area contributed by atoms with Crippen LogP contribution in [0, 0.1) is 17.8 Å². The zero-order valence-corrected chi connectivity index (χ0v) is 32.7. The largest absolute Gasteiger partial charge is 0.481 e. The van der Waals surface area contributed by atoms with Gasteiger partial charge in [0, 0.05) is 12.3 Å². The maximum absolute atomic E-state index is 13.7. The number of carboxylic acid groups (broad SMARTS) is 4. The highest BCUT2D eigenvalue weighted by Crippen LogP contribution is 2.11. The van der Waals surface area contributed by atoms with E-state index in [1.165, 1.54) is 0 Å². The molecule has 1 aromatic rings. The second-order valence-electron chi connectivity index (χ2n) is 14.6. The average molecular weight is 807 g/mol. The normalized spacial score (nSPS) is 14.2. The summed E-state index contributed by atoms with van der Waals surface area (Å²) >= 11 is 0. The molecule has 20 heteroatoms. The molecule has 6 amide bonds. The Morgan fingerprint density at radius 1 is 0.439 bits per heavy atom. The number of amides is 6. The summed E-state index contributed by atoms with van der Waals surface area (Å²) in [6.07, 6.45) is -3.34. The van der Waals surface area contributed by atoms with Crippen molar-refractivity contribution in [2.45, 2.75) is 116 Å². The zero-order chi connectivity index (χ0) is 43.6. The van der Waals surface area contributed by atoms with E-state index in [-0.39, 0.29) is 31.1 Å². The molecule has 1 aromatic carbocycles. The number of carbonyl (C=O) groups excluding carboxylic acids is 6. The summed E-state index contributed by atoms with van der Waals surface area (Å²) in [6, 6.07) is -1.99. The lowest BCUT2D eigenvalue weighted by molar-refractivity contribution is -0.144. The SMILES string of the molecule is CC(C)CC(NC(=O)C(CC(=O)O)NC(=O)C(Cc1ccccc1)NC(=O)C(CC(=O)O)NC(=O)C(CC(=O)O)NC(=O)C(CC(C)C)NC(=O)C(C)C)C(=O)O. The van der Waals surface area contributed by atoms with Gasteiger partial charge in [-0.25, -0.2) is 4.79 Å². The van der Waals surface area contributed by atoms with Crippen LogP contribution in [0.3, 0.4) is 0 Å². The van der Waals surface area contributed by atoms with E-state index in [0.29, 0.717) is 5.56 Å². The van der Waals surface area contributed by atoms with Crippen molar-refractivity contribution in [3.8, 4) is 0 Å². The molecule has 10 N–H and O–H groups in total. The Morgan fingerprint density at radius 2 is 0.754 bits per heavy atom. The lowest BCUT2D eigenvalue weighted by Crippen LogP contribution is -2.60. The minimum atomic E-state index is -1.98. The number of hydrogen-bond acceptors (Lipinski definition) is 10. The third-order valence-corrected chi connectivity index (χ3v) is 8.14. The van der Waals surface area contributed by atoms with Crippen molar-refractivity contribution in [1.82, 2.24) is 31.9 Å². The van der Waals surface area contributed by atoms with Gasteiger partial charge in [-0.15, -0.1) is 0 Å². The number of hydrogen-bond donors (Lipinski definition) is 10. The molecule has 0 radical (unpaired) electrons. The fraction of sp³-hybridized carbons (Fsp3) is 0.568. The molecule has 57 heavy (non-hydrogen) atoms. The summed E-state index contributed by atoms with van der Waals surface area (Å²) in [5.41, 5.74) is 0.434. The number of nitrogens with one attached hydrogen (secondary N) is 6. The monoisotopic (exact) mass is 806 g/mol. The van der Waals surface area contributed by atoms with E-state index in [2.05, 4.69) is 31.9 Å². The zero-order valence-electron chi connectivity index (χ0n) is 32.7. The van der Waals surface area contributed by atoms with Crippen molar-refractivity contribution in [1.29, 1.82) is 0 Å². The summed E-state index contributed by atoms with van der Waals surface area (Å²) in [5, 5.41) is 51.8. The molecular formula is C37H54N6O14. The van der Waals surface area contributed by atoms with Crippen LogP contribution in [-0.4, -0.2) is 116 Å². The third kappa shape index (κ3) is 18.9. The fourth-order valence-electron chi connectivity index (χ4n) is 5.31. The van der Waals surface area contributed by atoms with Gasteiger partial charge in [0.15, 0.2) is 0 Å². The van der Waals surface area contributed by atoms with Crippen LogP contribution in [0.4, 0.5) is 0 Å². The molecule has 0 aliphatic carbocycles. The van der Waals surface area contributed by atoms with Crippen molar-refractivity contribution >= 4 is 59.3 Å². The maximum Gasteiger partial charge on any atom is 0.326 e. The number of rotatable bonds is 25. The second kappa shape index (κ2) is 23.8. The van der Waals surface area contributed by atoms with E-state index in [1.54, 1.807) is 71.9 Å². The van der Waals surface area contributed by atoms with Crippen molar-refractivity contribution in [3.63, 3.8) is 0 Å². The van der Waals surface area contributed by atoms with Gasteiger partial charge in [0.2, 0.25) is 35.4 Å². The van der Waals surface area contributed by atoms with Crippen LogP contribution in [0.2, 0.25) is 0 Å². The molecule has 0 fully saturated rings. The van der Waals surface area contributed by atoms with Crippen LogP contribution in [-0.2, 0) is 54.4 Å². The Labute approximate surface area is 329 Å². The van der Waals surface area contributed by atoms with Crippen LogP contribution in [0.25, 0.3) is 0 Å². The van der Waals surface area contributed by atoms with Crippen molar-refractivity contribution in [2.75, 3.05) is 0 Å². The van der Waals surface area contributed by atoms with Gasteiger partial charge in [-0.2, -0.15) is 0 Å². The molecule has 0 bridgehead atoms. The molecule has 0 aromatic heterocycles. The predicted molar refractivity (Wildman–Crippen MR) is 200 cm³/mol. The topological polar surface area (TPSA) is 324 Å². The van der Waals surface area contributed by atoms with Crippen molar-refractivity contribution in [3.05, 3.63) is 35.9 Å². The molecule has 6 atom stereocenters. The quantitative estimate of drug-likeness (QED) is 0.0590. The highest BCUT2D eigenvalue weighted by molar-refractivity contribution is 5.99. The number of benzene rings is 1. The molecule has 0 saturated heterocycles. The average Bonchev–Trinajstić information content (AvgIpc) is 3.08. The van der Waals surface area contributed by atoms with Gasteiger partial charge in [-0.05, 0) is 30.2 Å². The van der Waals surface area contributed by atoms with Gasteiger partial charge < -0.3 is 52.3 Å². The lowest BCUT2D eigenvalue weighted by atomic mass is 10.0. The molecule has 316 valence electrons. The van der Waals surface area contributed by atoms with E-state index in [4.69, 9.17) is 0 Å². The van der Waals surface area contributed by atoms with Gasteiger partial charge in [0.05, 0.1) is 19.3 Å². The first kappa shape index (κ1) is 48.9. The summed E-state index contributed by atoms with van der Waals surface area (Å²) in [5.74, 6) is -13.2. The highest BCUT2D eigenvalue weighted by atomic mass is 16.4.